The summed E-state index contributed by atoms with van der Waals surface area (Å²) in [6.07, 6.45) is 1.81. The summed E-state index contributed by atoms with van der Waals surface area (Å²) in [5.41, 5.74) is -0.270. The van der Waals surface area contributed by atoms with Crippen LogP contribution in [0, 0.1) is 23.1 Å². The molecule has 2 N–H and O–H groups in total. The normalized spacial score (nSPS) is 18.9. The lowest BCUT2D eigenvalue weighted by Gasteiger charge is -2.10. The molecule has 1 aromatic carbocycles. The molecule has 1 heterocycles. The Bertz CT molecular complexity index is 619. The summed E-state index contributed by atoms with van der Waals surface area (Å²) in [7, 11) is -3.69. The van der Waals surface area contributed by atoms with E-state index in [0.717, 1.165) is 44.1 Å². The molecule has 1 fully saturated rings. The highest BCUT2D eigenvalue weighted by Crippen LogP contribution is 2.15. The number of hydrogen-bond acceptors (Lipinski definition) is 4. The first-order valence-corrected chi connectivity index (χ1v) is 7.91. The minimum Gasteiger partial charge on any atom is -0.316 e. The highest BCUT2D eigenvalue weighted by atomic mass is 32.2. The number of hydrogen-bond donors (Lipinski definition) is 2. The number of nitrogens with one attached hydrogen (secondary N) is 2. The molecular weight excluding hydrogens is 281 g/mol. The summed E-state index contributed by atoms with van der Waals surface area (Å²) in [4.78, 5) is -0.0833. The maximum absolute atomic E-state index is 13.2. The second-order valence-electron chi connectivity index (χ2n) is 4.80. The molecule has 7 heteroatoms. The summed E-state index contributed by atoms with van der Waals surface area (Å²) < 4.78 is 39.7. The smallest absolute Gasteiger partial charge is 0.240 e. The van der Waals surface area contributed by atoms with Gasteiger partial charge in [-0.25, -0.2) is 17.5 Å². The fourth-order valence-corrected chi connectivity index (χ4v) is 3.27. The number of nitrogens with zero attached hydrogens (tertiary/aromatic N) is 1. The van der Waals surface area contributed by atoms with Crippen molar-refractivity contribution in [3.8, 4) is 6.07 Å². The molecule has 20 heavy (non-hydrogen) atoms. The zero-order valence-electron chi connectivity index (χ0n) is 10.9. The van der Waals surface area contributed by atoms with Gasteiger partial charge >= 0.3 is 0 Å². The van der Waals surface area contributed by atoms with Crippen molar-refractivity contribution < 1.29 is 12.8 Å². The summed E-state index contributed by atoms with van der Waals surface area (Å²) in [6, 6.07) is 4.84. The number of benzene rings is 1. The third-order valence-electron chi connectivity index (χ3n) is 3.38. The molecule has 0 aliphatic carbocycles. The van der Waals surface area contributed by atoms with Crippen LogP contribution in [0.25, 0.3) is 0 Å². The van der Waals surface area contributed by atoms with E-state index in [0.29, 0.717) is 12.5 Å². The van der Waals surface area contributed by atoms with Crippen LogP contribution in [0.15, 0.2) is 23.1 Å². The number of nitriles is 1. The van der Waals surface area contributed by atoms with Crippen molar-refractivity contribution in [1.82, 2.24) is 10.0 Å². The van der Waals surface area contributed by atoms with Crippen LogP contribution in [0.4, 0.5) is 4.39 Å². The summed E-state index contributed by atoms with van der Waals surface area (Å²) >= 11 is 0. The van der Waals surface area contributed by atoms with Crippen molar-refractivity contribution >= 4 is 10.0 Å². The van der Waals surface area contributed by atoms with Crippen molar-refractivity contribution in [3.05, 3.63) is 29.6 Å². The molecule has 0 bridgehead atoms. The van der Waals surface area contributed by atoms with E-state index in [2.05, 4.69) is 10.0 Å². The molecule has 5 nitrogen and oxygen atoms in total. The zero-order valence-corrected chi connectivity index (χ0v) is 11.7. The van der Waals surface area contributed by atoms with E-state index in [1.54, 1.807) is 6.07 Å². The molecule has 0 radical (unpaired) electrons. The van der Waals surface area contributed by atoms with Crippen molar-refractivity contribution in [1.29, 1.82) is 5.26 Å². The topological polar surface area (TPSA) is 82.0 Å². The third kappa shape index (κ3) is 3.54. The summed E-state index contributed by atoms with van der Waals surface area (Å²) in [5, 5.41) is 11.9. The van der Waals surface area contributed by atoms with Crippen LogP contribution >= 0.6 is 0 Å². The van der Waals surface area contributed by atoms with Gasteiger partial charge < -0.3 is 5.32 Å². The van der Waals surface area contributed by atoms with Gasteiger partial charge in [-0.05, 0) is 50.0 Å². The van der Waals surface area contributed by atoms with E-state index in [-0.39, 0.29) is 10.5 Å². The molecule has 1 aliphatic heterocycles. The van der Waals surface area contributed by atoms with Crippen LogP contribution in [0.1, 0.15) is 18.4 Å². The van der Waals surface area contributed by atoms with E-state index in [1.165, 1.54) is 0 Å². The lowest BCUT2D eigenvalue weighted by Crippen LogP contribution is -2.26. The van der Waals surface area contributed by atoms with Crippen LogP contribution < -0.4 is 10.0 Å². The standard InChI is InChI=1S/C13H16FN3O2S/c14-13-2-1-12(7-11(13)8-15)20(18,19)17-6-4-10-3-5-16-9-10/h1-2,7,10,16-17H,3-6,9H2/t10-/m0/s1. The van der Waals surface area contributed by atoms with Crippen molar-refractivity contribution in [2.45, 2.75) is 17.7 Å². The quantitative estimate of drug-likeness (QED) is 0.848. The van der Waals surface area contributed by atoms with Crippen molar-refractivity contribution in [3.63, 3.8) is 0 Å². The minimum absolute atomic E-state index is 0.0833. The Labute approximate surface area is 117 Å². The SMILES string of the molecule is N#Cc1cc(S(=O)(=O)NCC[C@@H]2CCNC2)ccc1F. The van der Waals surface area contributed by atoms with Gasteiger partial charge in [-0.3, -0.25) is 0 Å². The lowest BCUT2D eigenvalue weighted by atomic mass is 10.1. The first-order valence-electron chi connectivity index (χ1n) is 6.43. The van der Waals surface area contributed by atoms with E-state index in [1.807, 2.05) is 0 Å². The monoisotopic (exact) mass is 297 g/mol. The molecule has 108 valence electrons. The average Bonchev–Trinajstić information content (AvgIpc) is 2.92. The molecule has 1 aromatic rings. The van der Waals surface area contributed by atoms with E-state index in [9.17, 15) is 12.8 Å². The Hall–Kier alpha value is -1.49. The fraction of sp³-hybridized carbons (Fsp3) is 0.462. The van der Waals surface area contributed by atoms with Gasteiger partial charge in [0, 0.05) is 6.54 Å². The molecule has 2 rings (SSSR count). The van der Waals surface area contributed by atoms with E-state index in [4.69, 9.17) is 5.26 Å². The highest BCUT2D eigenvalue weighted by Gasteiger charge is 2.18. The molecule has 1 aliphatic rings. The van der Waals surface area contributed by atoms with Gasteiger partial charge in [0.1, 0.15) is 11.9 Å². The highest BCUT2D eigenvalue weighted by molar-refractivity contribution is 7.89. The molecule has 0 spiro atoms. The molecule has 0 aromatic heterocycles. The van der Waals surface area contributed by atoms with Crippen molar-refractivity contribution in [2.75, 3.05) is 19.6 Å². The van der Waals surface area contributed by atoms with Crippen LogP contribution in [0.2, 0.25) is 0 Å². The first kappa shape index (κ1) is 14.9. The van der Waals surface area contributed by atoms with Gasteiger partial charge in [-0.2, -0.15) is 5.26 Å². The Morgan fingerprint density at radius 1 is 1.50 bits per heavy atom. The lowest BCUT2D eigenvalue weighted by molar-refractivity contribution is 0.519. The molecule has 0 saturated carbocycles. The first-order chi connectivity index (χ1) is 9.53. The minimum atomic E-state index is -3.69. The number of rotatable bonds is 5. The van der Waals surface area contributed by atoms with Gasteiger partial charge in [0.25, 0.3) is 0 Å². The molecule has 1 saturated heterocycles. The van der Waals surface area contributed by atoms with Gasteiger partial charge in [0.05, 0.1) is 10.5 Å². The second kappa shape index (κ2) is 6.31. The van der Waals surface area contributed by atoms with Gasteiger partial charge in [-0.1, -0.05) is 0 Å². The Morgan fingerprint density at radius 2 is 2.30 bits per heavy atom. The predicted molar refractivity (Wildman–Crippen MR) is 71.9 cm³/mol. The van der Waals surface area contributed by atoms with Gasteiger partial charge in [0.2, 0.25) is 10.0 Å². The van der Waals surface area contributed by atoms with Crippen LogP contribution in [-0.4, -0.2) is 28.1 Å². The van der Waals surface area contributed by atoms with E-state index < -0.39 is 15.8 Å². The second-order valence-corrected chi connectivity index (χ2v) is 6.57. The van der Waals surface area contributed by atoms with Gasteiger partial charge in [0.15, 0.2) is 0 Å². The molecule has 0 unspecified atom stereocenters. The van der Waals surface area contributed by atoms with Crippen LogP contribution in [0.3, 0.4) is 0 Å². The maximum atomic E-state index is 13.2. The van der Waals surface area contributed by atoms with E-state index >= 15 is 0 Å². The predicted octanol–water partition coefficient (Wildman–Crippen LogP) is 0.975. The fourth-order valence-electron chi connectivity index (χ4n) is 2.20. The third-order valence-corrected chi connectivity index (χ3v) is 4.83. The number of sulfonamides is 1. The van der Waals surface area contributed by atoms with Gasteiger partial charge in [-0.15, -0.1) is 0 Å². The zero-order chi connectivity index (χ0) is 14.6. The molecule has 1 atom stereocenters. The Kier molecular flexibility index (Phi) is 4.70. The van der Waals surface area contributed by atoms with Crippen LogP contribution in [0.5, 0.6) is 0 Å². The summed E-state index contributed by atoms with van der Waals surface area (Å²) in [6.45, 7) is 2.23. The largest absolute Gasteiger partial charge is 0.316 e. The molecule has 0 amide bonds. The summed E-state index contributed by atoms with van der Waals surface area (Å²) in [5.74, 6) is -0.232. The van der Waals surface area contributed by atoms with Crippen LogP contribution in [-0.2, 0) is 10.0 Å². The Balaban J connectivity index is 2.00. The Morgan fingerprint density at radius 3 is 2.95 bits per heavy atom. The molecular formula is C13H16FN3O2S. The maximum Gasteiger partial charge on any atom is 0.240 e. The average molecular weight is 297 g/mol. The number of halogens is 1. The van der Waals surface area contributed by atoms with Crippen molar-refractivity contribution in [2.24, 2.45) is 5.92 Å².